The highest BCUT2D eigenvalue weighted by Crippen LogP contribution is 2.31. The Morgan fingerprint density at radius 1 is 1.35 bits per heavy atom. The highest BCUT2D eigenvalue weighted by molar-refractivity contribution is 7.99. The molecule has 0 spiro atoms. The van der Waals surface area contributed by atoms with Crippen molar-refractivity contribution in [2.24, 2.45) is 0 Å². The Hall–Kier alpha value is -1.96. The predicted octanol–water partition coefficient (Wildman–Crippen LogP) is 3.60. The van der Waals surface area contributed by atoms with Gasteiger partial charge in [-0.3, -0.25) is 0 Å². The normalized spacial score (nSPS) is 11.3. The number of carbonyl (C=O) groups excluding carboxylic acids is 1. The number of ether oxygens (including phenoxy) is 1. The average molecular weight is 303 g/mol. The molecule has 8 heteroatoms. The Bertz CT molecular complexity index is 584. The van der Waals surface area contributed by atoms with E-state index < -0.39 is 17.7 Å². The lowest BCUT2D eigenvalue weighted by atomic mass is 10.2. The Labute approximate surface area is 115 Å². The fourth-order valence-corrected chi connectivity index (χ4v) is 1.99. The first kappa shape index (κ1) is 14.4. The molecule has 0 aliphatic carbocycles. The molecule has 1 aromatic heterocycles. The molecule has 1 aromatic carbocycles. The van der Waals surface area contributed by atoms with Gasteiger partial charge in [-0.1, -0.05) is 23.0 Å². The molecular weight excluding hydrogens is 295 g/mol. The van der Waals surface area contributed by atoms with Crippen molar-refractivity contribution >= 4 is 17.7 Å². The number of halogens is 3. The van der Waals surface area contributed by atoms with Crippen LogP contribution in [0.2, 0.25) is 0 Å². The summed E-state index contributed by atoms with van der Waals surface area (Å²) in [5.74, 6) is -0.814. The Morgan fingerprint density at radius 3 is 2.80 bits per heavy atom. The summed E-state index contributed by atoms with van der Waals surface area (Å²) in [6, 6.07) is 6.10. The molecule has 0 unspecified atom stereocenters. The van der Waals surface area contributed by atoms with Gasteiger partial charge in [0.2, 0.25) is 0 Å². The topological polar surface area (TPSA) is 52.3 Å². The molecule has 106 valence electrons. The quantitative estimate of drug-likeness (QED) is 0.491. The van der Waals surface area contributed by atoms with Crippen LogP contribution in [0.25, 0.3) is 0 Å². The third kappa shape index (κ3) is 3.77. The zero-order valence-corrected chi connectivity index (χ0v) is 10.7. The van der Waals surface area contributed by atoms with Crippen molar-refractivity contribution in [1.29, 1.82) is 0 Å². The number of alkyl halides is 3. The summed E-state index contributed by atoms with van der Waals surface area (Å²) < 4.78 is 46.8. The summed E-state index contributed by atoms with van der Waals surface area (Å²) in [4.78, 5) is 11.7. The maximum atomic E-state index is 12.5. The summed E-state index contributed by atoms with van der Waals surface area (Å²) in [5, 5.41) is 3.38. The Kier molecular flexibility index (Phi) is 4.33. The van der Waals surface area contributed by atoms with E-state index in [1.165, 1.54) is 24.5 Å². The zero-order chi connectivity index (χ0) is 14.6. The minimum absolute atomic E-state index is 0.00893. The second-order valence-corrected chi connectivity index (χ2v) is 4.60. The van der Waals surface area contributed by atoms with Crippen molar-refractivity contribution in [1.82, 2.24) is 5.16 Å². The van der Waals surface area contributed by atoms with Crippen molar-refractivity contribution in [2.75, 3.05) is 5.94 Å². The van der Waals surface area contributed by atoms with E-state index in [-0.39, 0.29) is 11.6 Å². The van der Waals surface area contributed by atoms with Crippen molar-refractivity contribution in [3.8, 4) is 0 Å². The molecule has 0 saturated carbocycles. The van der Waals surface area contributed by atoms with E-state index in [1.54, 1.807) is 0 Å². The fraction of sp³-hybridized carbons (Fsp3) is 0.167. The lowest BCUT2D eigenvalue weighted by Gasteiger charge is -2.08. The Morgan fingerprint density at radius 2 is 2.15 bits per heavy atom. The molecule has 2 aromatic rings. The van der Waals surface area contributed by atoms with Gasteiger partial charge in [-0.05, 0) is 18.2 Å². The highest BCUT2D eigenvalue weighted by atomic mass is 32.2. The smallest absolute Gasteiger partial charge is 0.416 e. The lowest BCUT2D eigenvalue weighted by Crippen LogP contribution is -2.06. The van der Waals surface area contributed by atoms with Crippen molar-refractivity contribution in [2.45, 2.75) is 11.1 Å². The summed E-state index contributed by atoms with van der Waals surface area (Å²) >= 11 is 0.975. The molecule has 0 saturated heterocycles. The van der Waals surface area contributed by atoms with Crippen LogP contribution in [0.3, 0.4) is 0 Å². The van der Waals surface area contributed by atoms with Gasteiger partial charge in [0.25, 0.3) is 0 Å². The number of rotatable bonds is 4. The van der Waals surface area contributed by atoms with E-state index in [1.807, 2.05) is 0 Å². The van der Waals surface area contributed by atoms with Gasteiger partial charge in [-0.25, -0.2) is 4.79 Å². The van der Waals surface area contributed by atoms with Crippen LogP contribution in [0.1, 0.15) is 16.1 Å². The summed E-state index contributed by atoms with van der Waals surface area (Å²) in [6.07, 6.45) is -3.18. The molecule has 0 aliphatic rings. The predicted molar refractivity (Wildman–Crippen MR) is 64.1 cm³/mol. The van der Waals surface area contributed by atoms with E-state index in [0.29, 0.717) is 4.90 Å². The number of benzene rings is 1. The molecule has 2 rings (SSSR count). The minimum atomic E-state index is -4.39. The van der Waals surface area contributed by atoms with Crippen molar-refractivity contribution in [3.63, 3.8) is 0 Å². The van der Waals surface area contributed by atoms with Gasteiger partial charge in [0.05, 0.1) is 5.56 Å². The molecule has 0 fully saturated rings. The Balaban J connectivity index is 1.90. The SMILES string of the molecule is O=C(OCSc1cccc(C(F)(F)F)c1)c1ccon1. The number of hydrogen-bond donors (Lipinski definition) is 0. The van der Waals surface area contributed by atoms with Gasteiger partial charge < -0.3 is 9.26 Å². The number of carbonyl (C=O) groups is 1. The summed E-state index contributed by atoms with van der Waals surface area (Å²) in [7, 11) is 0. The third-order valence-electron chi connectivity index (χ3n) is 2.22. The fourth-order valence-electron chi connectivity index (χ4n) is 1.31. The van der Waals surface area contributed by atoms with E-state index >= 15 is 0 Å². The lowest BCUT2D eigenvalue weighted by molar-refractivity contribution is -0.137. The minimum Gasteiger partial charge on any atom is -0.449 e. The van der Waals surface area contributed by atoms with Gasteiger partial charge in [0, 0.05) is 11.0 Å². The van der Waals surface area contributed by atoms with Crippen LogP contribution in [0.5, 0.6) is 0 Å². The molecule has 0 aliphatic heterocycles. The second kappa shape index (κ2) is 6.00. The highest BCUT2D eigenvalue weighted by Gasteiger charge is 2.30. The largest absolute Gasteiger partial charge is 0.449 e. The maximum absolute atomic E-state index is 12.5. The first-order chi connectivity index (χ1) is 9.47. The van der Waals surface area contributed by atoms with E-state index in [2.05, 4.69) is 9.68 Å². The summed E-state index contributed by atoms with van der Waals surface area (Å²) in [5.41, 5.74) is -0.736. The number of nitrogens with zero attached hydrogens (tertiary/aromatic N) is 1. The third-order valence-corrected chi connectivity index (χ3v) is 3.05. The standard InChI is InChI=1S/C12H8F3NO3S/c13-12(14,15)8-2-1-3-9(6-8)20-7-18-11(17)10-4-5-19-16-10/h1-6H,7H2. The molecule has 0 atom stereocenters. The monoisotopic (exact) mass is 303 g/mol. The zero-order valence-electron chi connectivity index (χ0n) is 9.89. The van der Waals surface area contributed by atoms with Gasteiger partial charge in [0.15, 0.2) is 5.69 Å². The molecule has 0 N–H and O–H groups in total. The van der Waals surface area contributed by atoms with E-state index in [9.17, 15) is 18.0 Å². The number of esters is 1. The molecule has 0 amide bonds. The number of thioether (sulfide) groups is 1. The van der Waals surface area contributed by atoms with Crippen LogP contribution in [-0.4, -0.2) is 17.1 Å². The van der Waals surface area contributed by atoms with E-state index in [0.717, 1.165) is 23.9 Å². The summed E-state index contributed by atoms with van der Waals surface area (Å²) in [6.45, 7) is 0. The maximum Gasteiger partial charge on any atom is 0.416 e. The van der Waals surface area contributed by atoms with Gasteiger partial charge in [-0.15, -0.1) is 0 Å². The van der Waals surface area contributed by atoms with Crippen LogP contribution in [0.4, 0.5) is 13.2 Å². The van der Waals surface area contributed by atoms with Gasteiger partial charge in [0.1, 0.15) is 12.2 Å². The van der Waals surface area contributed by atoms with Crippen LogP contribution in [0, 0.1) is 0 Å². The molecular formula is C12H8F3NO3S. The second-order valence-electron chi connectivity index (χ2n) is 3.60. The van der Waals surface area contributed by atoms with Crippen LogP contribution >= 0.6 is 11.8 Å². The van der Waals surface area contributed by atoms with Gasteiger partial charge in [-0.2, -0.15) is 13.2 Å². The van der Waals surface area contributed by atoms with Crippen LogP contribution in [-0.2, 0) is 10.9 Å². The average Bonchev–Trinajstić information content (AvgIpc) is 2.92. The molecule has 4 nitrogen and oxygen atoms in total. The van der Waals surface area contributed by atoms with E-state index in [4.69, 9.17) is 4.74 Å². The number of hydrogen-bond acceptors (Lipinski definition) is 5. The van der Waals surface area contributed by atoms with Crippen LogP contribution in [0.15, 0.2) is 46.0 Å². The van der Waals surface area contributed by atoms with Crippen LogP contribution < -0.4 is 0 Å². The van der Waals surface area contributed by atoms with Crippen molar-refractivity contribution in [3.05, 3.63) is 47.9 Å². The molecule has 1 heterocycles. The first-order valence-electron chi connectivity index (χ1n) is 5.34. The molecule has 20 heavy (non-hydrogen) atoms. The first-order valence-corrected chi connectivity index (χ1v) is 6.33. The van der Waals surface area contributed by atoms with Crippen molar-refractivity contribution < 1.29 is 27.2 Å². The molecule has 0 bridgehead atoms. The number of aromatic nitrogens is 1. The van der Waals surface area contributed by atoms with Gasteiger partial charge >= 0.3 is 12.1 Å². The molecule has 0 radical (unpaired) electrons.